The van der Waals surface area contributed by atoms with Crippen molar-refractivity contribution in [1.82, 2.24) is 0 Å². The maximum Gasteiger partial charge on any atom is 0.0782 e. The van der Waals surface area contributed by atoms with Crippen LogP contribution >= 0.6 is 0 Å². The fourth-order valence-electron chi connectivity index (χ4n) is 4.00. The zero-order chi connectivity index (χ0) is 21.1. The molecule has 26 heavy (non-hydrogen) atoms. The second-order valence-corrected chi connectivity index (χ2v) is 38.2. The lowest BCUT2D eigenvalue weighted by Crippen LogP contribution is -2.78. The van der Waals surface area contributed by atoms with E-state index >= 15 is 0 Å². The predicted molar refractivity (Wildman–Crippen MR) is 140 cm³/mol. The normalized spacial score (nSPS) is 14.7. The Morgan fingerprint density at radius 3 is 0.731 bits per heavy atom. The van der Waals surface area contributed by atoms with E-state index in [1.165, 1.54) is 0 Å². The van der Waals surface area contributed by atoms with Gasteiger partial charge in [-0.05, 0) is 6.07 Å². The van der Waals surface area contributed by atoms with Crippen molar-refractivity contribution in [3.63, 3.8) is 0 Å². The van der Waals surface area contributed by atoms with Crippen molar-refractivity contribution in [2.24, 2.45) is 0 Å². The lowest BCUT2D eigenvalue weighted by Gasteiger charge is -2.42. The van der Waals surface area contributed by atoms with Gasteiger partial charge in [0, 0.05) is 0 Å². The Balaban J connectivity index is 4.41. The van der Waals surface area contributed by atoms with Crippen molar-refractivity contribution >= 4 is 66.3 Å². The third-order valence-electron chi connectivity index (χ3n) is 5.00. The quantitative estimate of drug-likeness (QED) is 0.605. The minimum Gasteiger partial charge on any atom is -0.0656 e. The zero-order valence-electron chi connectivity index (χ0n) is 20.5. The average molecular weight is 438 g/mol. The standard InChI is InChI=1S/C21H45Si5/c1-22(2,3)17-16-18(23(4,5)6)20(25(10,11)12)21(26(13,14)15)19(17)24(7,8)9/h1-15H3. The molecular formula is C21H45Si5. The summed E-state index contributed by atoms with van der Waals surface area (Å²) in [7, 11) is -7.29. The van der Waals surface area contributed by atoms with Gasteiger partial charge in [-0.3, -0.25) is 0 Å². The molecule has 0 aromatic heterocycles. The molecule has 0 amide bonds. The van der Waals surface area contributed by atoms with Crippen molar-refractivity contribution in [3.8, 4) is 0 Å². The third-order valence-corrected chi connectivity index (χ3v) is 15.8. The Labute approximate surface area is 170 Å². The van der Waals surface area contributed by atoms with Gasteiger partial charge in [0.05, 0.1) is 40.4 Å². The minimum atomic E-state index is -1.47. The van der Waals surface area contributed by atoms with E-state index < -0.39 is 40.4 Å². The molecule has 0 atom stereocenters. The van der Waals surface area contributed by atoms with Crippen molar-refractivity contribution in [2.45, 2.75) is 98.2 Å². The van der Waals surface area contributed by atoms with E-state index in [1.807, 2.05) is 15.6 Å². The Hall–Kier alpha value is 0.304. The molecule has 1 aromatic rings. The number of benzene rings is 1. The van der Waals surface area contributed by atoms with Crippen LogP contribution < -0.4 is 25.9 Å². The highest BCUT2D eigenvalue weighted by molar-refractivity contribution is 7.09. The molecule has 0 aliphatic carbocycles. The second kappa shape index (κ2) is 6.97. The molecule has 5 heteroatoms. The molecule has 0 bridgehead atoms. The lowest BCUT2D eigenvalue weighted by atomic mass is 10.3. The van der Waals surface area contributed by atoms with Gasteiger partial charge in [0.1, 0.15) is 0 Å². The predicted octanol–water partition coefficient (Wildman–Crippen LogP) is 4.21. The van der Waals surface area contributed by atoms with Gasteiger partial charge in [0.25, 0.3) is 0 Å². The smallest absolute Gasteiger partial charge is 0.0656 e. The molecule has 0 saturated carbocycles. The van der Waals surface area contributed by atoms with E-state index in [0.717, 1.165) is 0 Å². The fourth-order valence-corrected chi connectivity index (χ4v) is 21.4. The van der Waals surface area contributed by atoms with E-state index in [-0.39, 0.29) is 0 Å². The van der Waals surface area contributed by atoms with Gasteiger partial charge >= 0.3 is 0 Å². The van der Waals surface area contributed by atoms with E-state index in [0.29, 0.717) is 0 Å². The van der Waals surface area contributed by atoms with Crippen LogP contribution in [0, 0.1) is 6.07 Å². The first-order valence-electron chi connectivity index (χ1n) is 10.2. The first-order valence-corrected chi connectivity index (χ1v) is 27.8. The molecule has 0 aliphatic rings. The summed E-state index contributed by atoms with van der Waals surface area (Å²) in [6, 6.07) is 4.20. The SMILES string of the molecule is C[Si](C)(C)c1[c]c([Si](C)(C)C)c([Si](C)(C)C)c([Si](C)(C)C)c1[Si](C)(C)C. The van der Waals surface area contributed by atoms with Crippen LogP contribution in [0.15, 0.2) is 0 Å². The van der Waals surface area contributed by atoms with E-state index in [1.54, 1.807) is 10.4 Å². The van der Waals surface area contributed by atoms with Gasteiger partial charge in [-0.25, -0.2) is 0 Å². The van der Waals surface area contributed by atoms with Crippen molar-refractivity contribution in [3.05, 3.63) is 6.07 Å². The van der Waals surface area contributed by atoms with Crippen LogP contribution in [0.2, 0.25) is 98.2 Å². The van der Waals surface area contributed by atoms with Gasteiger partial charge in [-0.1, -0.05) is 124 Å². The molecule has 0 unspecified atom stereocenters. The fraction of sp³-hybridized carbons (Fsp3) is 0.714. The Kier molecular flexibility index (Phi) is 6.53. The highest BCUT2D eigenvalue weighted by atomic mass is 28.3. The summed E-state index contributed by atoms with van der Waals surface area (Å²) in [5.74, 6) is 0. The van der Waals surface area contributed by atoms with Gasteiger partial charge in [0.15, 0.2) is 0 Å². The number of hydrogen-bond acceptors (Lipinski definition) is 0. The Bertz CT molecular complexity index is 619. The zero-order valence-corrected chi connectivity index (χ0v) is 25.5. The van der Waals surface area contributed by atoms with Crippen molar-refractivity contribution in [2.75, 3.05) is 0 Å². The maximum absolute atomic E-state index is 4.20. The van der Waals surface area contributed by atoms with E-state index in [2.05, 4.69) is 104 Å². The topological polar surface area (TPSA) is 0 Å². The monoisotopic (exact) mass is 437 g/mol. The van der Waals surface area contributed by atoms with Crippen molar-refractivity contribution < 1.29 is 0 Å². The van der Waals surface area contributed by atoms with Gasteiger partial charge < -0.3 is 0 Å². The second-order valence-electron chi connectivity index (χ2n) is 13.2. The molecule has 0 N–H and O–H groups in total. The minimum absolute atomic E-state index is 1.45. The summed E-state index contributed by atoms with van der Waals surface area (Å²) < 4.78 is 0. The molecule has 0 saturated heterocycles. The largest absolute Gasteiger partial charge is 0.0782 e. The van der Waals surface area contributed by atoms with Crippen LogP contribution in [-0.4, -0.2) is 40.4 Å². The van der Waals surface area contributed by atoms with Crippen LogP contribution in [0.1, 0.15) is 0 Å². The van der Waals surface area contributed by atoms with Crippen LogP contribution in [0.4, 0.5) is 0 Å². The number of hydrogen-bond donors (Lipinski definition) is 0. The van der Waals surface area contributed by atoms with Crippen LogP contribution in [-0.2, 0) is 0 Å². The molecular weight excluding hydrogens is 393 g/mol. The summed E-state index contributed by atoms with van der Waals surface area (Å²) >= 11 is 0. The summed E-state index contributed by atoms with van der Waals surface area (Å²) in [6.45, 7) is 38.5. The van der Waals surface area contributed by atoms with Crippen molar-refractivity contribution in [1.29, 1.82) is 0 Å². The number of rotatable bonds is 5. The summed E-state index contributed by atoms with van der Waals surface area (Å²) in [4.78, 5) is 0. The molecule has 0 heterocycles. The van der Waals surface area contributed by atoms with Crippen LogP contribution in [0.5, 0.6) is 0 Å². The molecule has 1 rings (SSSR count). The van der Waals surface area contributed by atoms with E-state index in [9.17, 15) is 0 Å². The molecule has 149 valence electrons. The van der Waals surface area contributed by atoms with Crippen LogP contribution in [0.3, 0.4) is 0 Å². The molecule has 0 nitrogen and oxygen atoms in total. The molecule has 1 radical (unpaired) electrons. The molecule has 0 spiro atoms. The highest BCUT2D eigenvalue weighted by Crippen LogP contribution is 2.14. The Morgan fingerprint density at radius 2 is 0.577 bits per heavy atom. The summed E-state index contributed by atoms with van der Waals surface area (Å²) in [5.41, 5.74) is 0. The molecule has 0 fully saturated rings. The maximum atomic E-state index is 4.20. The lowest BCUT2D eigenvalue weighted by molar-refractivity contribution is 1.63. The Morgan fingerprint density at radius 1 is 0.346 bits per heavy atom. The summed E-state index contributed by atoms with van der Waals surface area (Å²) in [6.07, 6.45) is 0. The molecule has 1 aromatic carbocycles. The average Bonchev–Trinajstić information content (AvgIpc) is 2.30. The third kappa shape index (κ3) is 5.22. The first-order chi connectivity index (χ1) is 11.1. The molecule has 0 aliphatic heterocycles. The van der Waals surface area contributed by atoms with Gasteiger partial charge in [0.2, 0.25) is 0 Å². The van der Waals surface area contributed by atoms with Crippen LogP contribution in [0.25, 0.3) is 0 Å². The summed E-state index contributed by atoms with van der Waals surface area (Å²) in [5, 5.41) is 8.91. The van der Waals surface area contributed by atoms with Gasteiger partial charge in [-0.15, -0.1) is 0 Å². The first kappa shape index (κ1) is 24.3. The highest BCUT2D eigenvalue weighted by Gasteiger charge is 2.41. The van der Waals surface area contributed by atoms with E-state index in [4.69, 9.17) is 0 Å². The van der Waals surface area contributed by atoms with Gasteiger partial charge in [-0.2, -0.15) is 0 Å².